The number of nitrogens with one attached hydrogen (secondary N) is 3. The minimum atomic E-state index is -4.45. The molecule has 254 valence electrons. The molecule has 1 fully saturated rings. The van der Waals surface area contributed by atoms with E-state index in [0.29, 0.717) is 29.9 Å². The number of Topliss-reactive ketones (excluding diaryl/α,β-unsaturated/α-hetero) is 2. The summed E-state index contributed by atoms with van der Waals surface area (Å²) in [5, 5.41) is 5.56. The van der Waals surface area contributed by atoms with Gasteiger partial charge in [-0.2, -0.15) is 21.1 Å². The van der Waals surface area contributed by atoms with Crippen molar-refractivity contribution in [3.63, 3.8) is 0 Å². The summed E-state index contributed by atoms with van der Waals surface area (Å²) in [5.41, 5.74) is -0.740. The van der Waals surface area contributed by atoms with E-state index in [0.717, 1.165) is 16.8 Å². The maximum atomic E-state index is 14.1. The molecule has 2 aromatic carbocycles. The molecule has 0 spiro atoms. The van der Waals surface area contributed by atoms with E-state index in [1.165, 1.54) is 12.1 Å². The number of hydrogen-bond acceptors (Lipinski definition) is 9. The molecule has 1 saturated heterocycles. The predicted octanol–water partition coefficient (Wildman–Crippen LogP) is 4.23. The van der Waals surface area contributed by atoms with Gasteiger partial charge in [-0.25, -0.2) is 4.79 Å². The summed E-state index contributed by atoms with van der Waals surface area (Å²) < 4.78 is 66.0. The van der Waals surface area contributed by atoms with Crippen LogP contribution in [0.1, 0.15) is 76.7 Å². The number of alkyl carbamates (subject to hydrolysis) is 1. The van der Waals surface area contributed by atoms with Crippen molar-refractivity contribution < 1.29 is 36.0 Å². The average molecular weight is 688 g/mol. The Balaban J connectivity index is 1.36. The summed E-state index contributed by atoms with van der Waals surface area (Å²) >= 11 is 0. The molecule has 3 aliphatic rings. The maximum absolute atomic E-state index is 14.1. The number of amidine groups is 1. The van der Waals surface area contributed by atoms with Crippen molar-refractivity contribution in [3.8, 4) is 0 Å². The highest BCUT2D eigenvalue weighted by Gasteiger charge is 2.51. The second-order valence-electron chi connectivity index (χ2n) is 13.9. The lowest BCUT2D eigenvalue weighted by Crippen LogP contribution is -2.51. The quantitative estimate of drug-likeness (QED) is 0.342. The molecule has 0 aromatic heterocycles. The number of sulfonamides is 1. The first-order valence-electron chi connectivity index (χ1n) is 15.5. The molecule has 1 aliphatic carbocycles. The highest BCUT2D eigenvalue weighted by Crippen LogP contribution is 2.43. The highest BCUT2D eigenvalue weighted by molar-refractivity contribution is 7.91. The molecular formula is C32H41N5O8S2. The van der Waals surface area contributed by atoms with E-state index in [-0.39, 0.29) is 35.2 Å². The second-order valence-corrected chi connectivity index (χ2v) is 17.1. The molecule has 2 aromatic rings. The molecule has 1 amide bonds. The fraction of sp³-hybridized carbons (Fsp3) is 0.500. The van der Waals surface area contributed by atoms with Crippen LogP contribution in [0.25, 0.3) is 0 Å². The molecule has 47 heavy (non-hydrogen) atoms. The molecule has 0 radical (unpaired) electrons. The number of amides is 1. The molecule has 2 heterocycles. The third kappa shape index (κ3) is 7.06. The summed E-state index contributed by atoms with van der Waals surface area (Å²) in [4.78, 5) is 39.6. The third-order valence-electron chi connectivity index (χ3n) is 8.55. The summed E-state index contributed by atoms with van der Waals surface area (Å²) in [7, 11) is -8.58. The number of carbonyl (C=O) groups excluding carboxylic acids is 3. The Morgan fingerprint density at radius 1 is 1.17 bits per heavy atom. The van der Waals surface area contributed by atoms with E-state index in [2.05, 4.69) is 19.8 Å². The molecule has 3 N–H and O–H groups in total. The minimum absolute atomic E-state index is 0.00428. The van der Waals surface area contributed by atoms with Crippen molar-refractivity contribution in [2.24, 2.45) is 16.2 Å². The number of ketones is 2. The zero-order valence-corrected chi connectivity index (χ0v) is 28.9. The topological polar surface area (TPSA) is 180 Å². The smallest absolute Gasteiger partial charge is 0.407 e. The first-order valence-corrected chi connectivity index (χ1v) is 18.4. The van der Waals surface area contributed by atoms with Gasteiger partial charge in [0.05, 0.1) is 16.8 Å². The fourth-order valence-electron chi connectivity index (χ4n) is 6.11. The van der Waals surface area contributed by atoms with Gasteiger partial charge < -0.3 is 15.4 Å². The second kappa shape index (κ2) is 12.3. The predicted molar refractivity (Wildman–Crippen MR) is 177 cm³/mol. The number of fused-ring (bicyclic) bond motifs is 2. The van der Waals surface area contributed by atoms with Crippen molar-refractivity contribution in [1.29, 1.82) is 0 Å². The monoisotopic (exact) mass is 687 g/mol. The summed E-state index contributed by atoms with van der Waals surface area (Å²) in [5.74, 6) is -2.41. The molecule has 0 saturated carbocycles. The lowest BCUT2D eigenvalue weighted by molar-refractivity contribution is -0.125. The molecule has 5 rings (SSSR count). The van der Waals surface area contributed by atoms with Gasteiger partial charge in [0, 0.05) is 24.7 Å². The van der Waals surface area contributed by atoms with Crippen LogP contribution in [0.4, 0.5) is 16.2 Å². The van der Waals surface area contributed by atoms with Gasteiger partial charge in [0.1, 0.15) is 22.3 Å². The van der Waals surface area contributed by atoms with Crippen LogP contribution in [0.2, 0.25) is 0 Å². The normalized spacial score (nSPS) is 24.2. The Bertz CT molecular complexity index is 1870. The van der Waals surface area contributed by atoms with E-state index in [4.69, 9.17) is 4.74 Å². The zero-order chi connectivity index (χ0) is 34.5. The number of anilines is 2. The molecule has 3 atom stereocenters. The number of rotatable bonds is 8. The number of hydrogen-bond donors (Lipinski definition) is 3. The van der Waals surface area contributed by atoms with E-state index >= 15 is 0 Å². The van der Waals surface area contributed by atoms with E-state index in [1.54, 1.807) is 52.0 Å². The lowest BCUT2D eigenvalue weighted by atomic mass is 9.63. The largest absolute Gasteiger partial charge is 0.444 e. The molecule has 3 unspecified atom stereocenters. The summed E-state index contributed by atoms with van der Waals surface area (Å²) in [6, 6.07) is 10.3. The van der Waals surface area contributed by atoms with Crippen LogP contribution in [-0.2, 0) is 35.2 Å². The Kier molecular flexibility index (Phi) is 9.05. The molecular weight excluding hydrogens is 647 g/mol. The zero-order valence-electron chi connectivity index (χ0n) is 27.3. The minimum Gasteiger partial charge on any atom is -0.444 e. The molecule has 0 bridgehead atoms. The van der Waals surface area contributed by atoms with Crippen molar-refractivity contribution in [1.82, 2.24) is 9.62 Å². The number of benzene rings is 2. The number of ether oxygens (including phenoxy) is 1. The Morgan fingerprint density at radius 2 is 1.87 bits per heavy atom. The average Bonchev–Trinajstić information content (AvgIpc) is 3.43. The van der Waals surface area contributed by atoms with Crippen LogP contribution in [0.3, 0.4) is 0 Å². The Hall–Kier alpha value is -3.82. The van der Waals surface area contributed by atoms with Crippen LogP contribution < -0.4 is 15.4 Å². The van der Waals surface area contributed by atoms with Gasteiger partial charge in [-0.3, -0.25) is 14.3 Å². The SMILES string of the molecule is CC(C)CCC1(C)C(=O)C(C2=NS(=O)(=O)c3cc(NS(=O)(=O)N4CCC(NC(=O)OC(C)(C)C)C4)ccc3N2)C(=O)c2ccccc21. The van der Waals surface area contributed by atoms with Gasteiger partial charge in [0.15, 0.2) is 11.6 Å². The van der Waals surface area contributed by atoms with E-state index in [1.807, 2.05) is 13.8 Å². The number of carbonyl (C=O) groups is 3. The Morgan fingerprint density at radius 3 is 2.55 bits per heavy atom. The van der Waals surface area contributed by atoms with E-state index in [9.17, 15) is 31.2 Å². The van der Waals surface area contributed by atoms with Crippen molar-refractivity contribution >= 4 is 55.1 Å². The lowest BCUT2D eigenvalue weighted by Gasteiger charge is -2.39. The van der Waals surface area contributed by atoms with Gasteiger partial charge in [-0.05, 0) is 76.6 Å². The van der Waals surface area contributed by atoms with Gasteiger partial charge in [-0.1, -0.05) is 38.1 Å². The van der Waals surface area contributed by atoms with Crippen molar-refractivity contribution in [2.75, 3.05) is 23.1 Å². The van der Waals surface area contributed by atoms with Crippen LogP contribution in [0.15, 0.2) is 51.8 Å². The van der Waals surface area contributed by atoms with E-state index < -0.39 is 60.9 Å². The summed E-state index contributed by atoms with van der Waals surface area (Å²) in [6.45, 7) is 11.2. The molecule has 2 aliphatic heterocycles. The van der Waals surface area contributed by atoms with Crippen molar-refractivity contribution in [3.05, 3.63) is 53.6 Å². The molecule has 13 nitrogen and oxygen atoms in total. The fourth-order valence-corrected chi connectivity index (χ4v) is 8.56. The van der Waals surface area contributed by atoms with Gasteiger partial charge in [0.25, 0.3) is 10.0 Å². The first kappa shape index (κ1) is 34.5. The standard InChI is InChI=1S/C32H41N5O8S2/c1-19(2)13-15-32(6)23-10-8-7-9-22(23)27(38)26(28(32)39)29-34-24-12-11-20(17-25(24)46(41,42)36-29)35-47(43,44)37-16-14-21(18-37)33-30(40)45-31(3,4)5/h7-12,17,19,21,26,35H,13-16,18H2,1-6H3,(H,33,40)(H,34,36). The number of nitrogens with zero attached hydrogens (tertiary/aromatic N) is 2. The van der Waals surface area contributed by atoms with Gasteiger partial charge >= 0.3 is 16.3 Å². The van der Waals surface area contributed by atoms with Crippen LogP contribution in [-0.4, -0.2) is 69.4 Å². The van der Waals surface area contributed by atoms with Gasteiger partial charge in [0.2, 0.25) is 0 Å². The summed E-state index contributed by atoms with van der Waals surface area (Å²) in [6.07, 6.45) is 0.900. The van der Waals surface area contributed by atoms with Gasteiger partial charge in [-0.15, -0.1) is 4.40 Å². The van der Waals surface area contributed by atoms with Crippen LogP contribution in [0, 0.1) is 11.8 Å². The maximum Gasteiger partial charge on any atom is 0.407 e. The van der Waals surface area contributed by atoms with Crippen molar-refractivity contribution in [2.45, 2.75) is 82.8 Å². The third-order valence-corrected chi connectivity index (χ3v) is 11.4. The first-order chi connectivity index (χ1) is 21.8. The Labute approximate surface area is 275 Å². The van der Waals surface area contributed by atoms with Crippen LogP contribution >= 0.6 is 0 Å². The van der Waals surface area contributed by atoms with Crippen LogP contribution in [0.5, 0.6) is 0 Å². The highest BCUT2D eigenvalue weighted by atomic mass is 32.2. The molecule has 15 heteroatoms.